The summed E-state index contributed by atoms with van der Waals surface area (Å²) >= 11 is 0. The molecule has 6 nitrogen and oxygen atoms in total. The summed E-state index contributed by atoms with van der Waals surface area (Å²) in [5, 5.41) is 7.89. The van der Waals surface area contributed by atoms with Gasteiger partial charge in [0.1, 0.15) is 0 Å². The second kappa shape index (κ2) is 10.3. The molecule has 0 saturated carbocycles. The minimum Gasteiger partial charge on any atom is -0.479 e. The topological polar surface area (TPSA) is 93.2 Å². The van der Waals surface area contributed by atoms with Gasteiger partial charge in [0.2, 0.25) is 0 Å². The minimum absolute atomic E-state index is 0.000455. The third-order valence-electron chi connectivity index (χ3n) is 2.43. The number of hydrogen-bond acceptors (Lipinski definition) is 5. The molecule has 0 amide bonds. The molecule has 6 heteroatoms. The maximum atomic E-state index is 10.4. The van der Waals surface area contributed by atoms with Crippen LogP contribution in [0.25, 0.3) is 0 Å². The van der Waals surface area contributed by atoms with Crippen molar-refractivity contribution in [2.45, 2.75) is 58.5 Å². The Balaban J connectivity index is 0.000000362. The van der Waals surface area contributed by atoms with Gasteiger partial charge in [0.05, 0.1) is 0 Å². The van der Waals surface area contributed by atoms with Crippen LogP contribution in [0.4, 0.5) is 0 Å². The van der Waals surface area contributed by atoms with Gasteiger partial charge in [0.15, 0.2) is 12.7 Å². The Morgan fingerprint density at radius 1 is 1.26 bits per heavy atom. The predicted molar refractivity (Wildman–Crippen MR) is 67.5 cm³/mol. The maximum Gasteiger partial charge on any atom is 0.348 e. The Morgan fingerprint density at radius 3 is 2.21 bits per heavy atom. The first-order valence-electron chi connectivity index (χ1n) is 6.53. The third kappa shape index (κ3) is 12.7. The summed E-state index contributed by atoms with van der Waals surface area (Å²) in [6, 6.07) is 0. The van der Waals surface area contributed by atoms with Crippen LogP contribution in [0, 0.1) is 0 Å². The van der Waals surface area contributed by atoms with E-state index >= 15 is 0 Å². The van der Waals surface area contributed by atoms with E-state index in [9.17, 15) is 14.4 Å². The molecule has 0 aliphatic carbocycles. The summed E-state index contributed by atoms with van der Waals surface area (Å²) in [7, 11) is 0. The molecule has 1 aliphatic heterocycles. The summed E-state index contributed by atoms with van der Waals surface area (Å²) in [5.74, 6) is -1.71. The zero-order valence-electron chi connectivity index (χ0n) is 11.5. The average molecular weight is 274 g/mol. The van der Waals surface area contributed by atoms with Crippen LogP contribution in [0.5, 0.6) is 0 Å². The zero-order chi connectivity index (χ0) is 14.7. The number of ether oxygens (including phenoxy) is 2. The largest absolute Gasteiger partial charge is 0.479 e. The predicted octanol–water partition coefficient (Wildman–Crippen LogP) is 1.91. The quantitative estimate of drug-likeness (QED) is 0.413. The second-order valence-corrected chi connectivity index (χ2v) is 4.30. The molecule has 0 aromatic carbocycles. The lowest BCUT2D eigenvalue weighted by molar-refractivity contribution is -0.153. The number of unbranched alkanes of at least 4 members (excludes halogenated alkanes) is 4. The molecule has 1 aliphatic rings. The van der Waals surface area contributed by atoms with Crippen molar-refractivity contribution in [1.82, 2.24) is 0 Å². The van der Waals surface area contributed by atoms with Crippen molar-refractivity contribution >= 4 is 17.9 Å². The molecule has 1 saturated heterocycles. The SMILES string of the molecule is CC(=O)OCC(=O)O.CCCCCCCC1OC1=O. The summed E-state index contributed by atoms with van der Waals surface area (Å²) in [6.45, 7) is 2.81. The van der Waals surface area contributed by atoms with Crippen LogP contribution in [0.1, 0.15) is 52.4 Å². The van der Waals surface area contributed by atoms with Gasteiger partial charge in [0, 0.05) is 6.92 Å². The highest BCUT2D eigenvalue weighted by molar-refractivity contribution is 5.87. The molecule has 1 N–H and O–H groups in total. The van der Waals surface area contributed by atoms with E-state index in [2.05, 4.69) is 16.4 Å². The lowest BCUT2D eigenvalue weighted by atomic mass is 10.1. The van der Waals surface area contributed by atoms with Gasteiger partial charge in [-0.05, 0) is 12.8 Å². The minimum atomic E-state index is -1.14. The molecule has 1 heterocycles. The van der Waals surface area contributed by atoms with Gasteiger partial charge in [-0.25, -0.2) is 9.59 Å². The molecule has 1 atom stereocenters. The van der Waals surface area contributed by atoms with Crippen LogP contribution in [0.3, 0.4) is 0 Å². The Bertz CT molecular complexity index is 286. The normalized spacial score (nSPS) is 15.9. The molecule has 0 bridgehead atoms. The van der Waals surface area contributed by atoms with E-state index < -0.39 is 18.5 Å². The highest BCUT2D eigenvalue weighted by Gasteiger charge is 2.36. The molecule has 0 aromatic rings. The molecular formula is C13H22O6. The molecule has 0 radical (unpaired) electrons. The van der Waals surface area contributed by atoms with Gasteiger partial charge in [0.25, 0.3) is 0 Å². The first-order chi connectivity index (χ1) is 8.97. The van der Waals surface area contributed by atoms with Gasteiger partial charge in [-0.3, -0.25) is 4.79 Å². The highest BCUT2D eigenvalue weighted by atomic mass is 16.6. The van der Waals surface area contributed by atoms with Crippen molar-refractivity contribution < 1.29 is 29.0 Å². The number of carbonyl (C=O) groups is 3. The van der Waals surface area contributed by atoms with Gasteiger partial charge in [-0.2, -0.15) is 0 Å². The monoisotopic (exact) mass is 274 g/mol. The zero-order valence-corrected chi connectivity index (χ0v) is 11.5. The van der Waals surface area contributed by atoms with Gasteiger partial charge >= 0.3 is 17.9 Å². The number of carboxylic acid groups (broad SMARTS) is 1. The fourth-order valence-corrected chi connectivity index (χ4v) is 1.38. The number of carboxylic acids is 1. The molecular weight excluding hydrogens is 252 g/mol. The number of epoxide rings is 1. The number of esters is 1. The molecule has 0 aromatic heterocycles. The molecule has 1 fully saturated rings. The number of cyclic esters (lactones) is 1. The number of carbonyl (C=O) groups excluding carboxylic acids is 2. The lowest BCUT2D eigenvalue weighted by Crippen LogP contribution is -2.09. The smallest absolute Gasteiger partial charge is 0.348 e. The maximum absolute atomic E-state index is 10.4. The van der Waals surface area contributed by atoms with Crippen LogP contribution in [-0.4, -0.2) is 35.7 Å². The van der Waals surface area contributed by atoms with Crippen molar-refractivity contribution in [3.63, 3.8) is 0 Å². The van der Waals surface area contributed by atoms with Crippen molar-refractivity contribution in [2.75, 3.05) is 6.61 Å². The van der Waals surface area contributed by atoms with E-state index in [0.29, 0.717) is 0 Å². The number of rotatable bonds is 8. The van der Waals surface area contributed by atoms with Crippen LogP contribution in [0.2, 0.25) is 0 Å². The molecule has 1 unspecified atom stereocenters. The van der Waals surface area contributed by atoms with E-state index in [4.69, 9.17) is 5.11 Å². The summed E-state index contributed by atoms with van der Waals surface area (Å²) in [4.78, 5) is 29.9. The Morgan fingerprint density at radius 2 is 1.84 bits per heavy atom. The van der Waals surface area contributed by atoms with Crippen molar-refractivity contribution in [1.29, 1.82) is 0 Å². The van der Waals surface area contributed by atoms with Crippen LogP contribution < -0.4 is 0 Å². The standard InChI is InChI=1S/C9H16O2.C4H6O4/c1-2-3-4-5-6-7-8-9(10)11-8;1-3(5)8-2-4(6)7/h8H,2-7H2,1H3;2H2,1H3,(H,6,7). The van der Waals surface area contributed by atoms with E-state index in [0.717, 1.165) is 19.8 Å². The van der Waals surface area contributed by atoms with Crippen LogP contribution >= 0.6 is 0 Å². The van der Waals surface area contributed by atoms with Gasteiger partial charge in [-0.1, -0.05) is 32.6 Å². The first kappa shape index (κ1) is 17.4. The summed E-state index contributed by atoms with van der Waals surface area (Å²) < 4.78 is 8.75. The molecule has 110 valence electrons. The Kier molecular flexibility index (Phi) is 9.48. The summed E-state index contributed by atoms with van der Waals surface area (Å²) in [6.07, 6.45) is 7.23. The Hall–Kier alpha value is -1.59. The first-order valence-corrected chi connectivity index (χ1v) is 6.53. The molecule has 19 heavy (non-hydrogen) atoms. The van der Waals surface area contributed by atoms with E-state index in [1.807, 2.05) is 0 Å². The van der Waals surface area contributed by atoms with Gasteiger partial charge in [-0.15, -0.1) is 0 Å². The van der Waals surface area contributed by atoms with E-state index in [1.165, 1.54) is 25.7 Å². The van der Waals surface area contributed by atoms with Crippen molar-refractivity contribution in [3.8, 4) is 0 Å². The van der Waals surface area contributed by atoms with E-state index in [-0.39, 0.29) is 12.1 Å². The Labute approximate surface area is 113 Å². The van der Waals surface area contributed by atoms with Crippen molar-refractivity contribution in [3.05, 3.63) is 0 Å². The number of aliphatic carboxylic acids is 1. The fourth-order valence-electron chi connectivity index (χ4n) is 1.38. The van der Waals surface area contributed by atoms with Crippen molar-refractivity contribution in [2.24, 2.45) is 0 Å². The number of hydrogen-bond donors (Lipinski definition) is 1. The highest BCUT2D eigenvalue weighted by Crippen LogP contribution is 2.19. The lowest BCUT2D eigenvalue weighted by Gasteiger charge is -1.95. The summed E-state index contributed by atoms with van der Waals surface area (Å²) in [5.41, 5.74) is 0. The average Bonchev–Trinajstić information content (AvgIpc) is 3.03. The van der Waals surface area contributed by atoms with Crippen LogP contribution in [0.15, 0.2) is 0 Å². The second-order valence-electron chi connectivity index (χ2n) is 4.30. The van der Waals surface area contributed by atoms with Crippen LogP contribution in [-0.2, 0) is 23.9 Å². The fraction of sp³-hybridized carbons (Fsp3) is 0.769. The van der Waals surface area contributed by atoms with Gasteiger partial charge < -0.3 is 14.6 Å². The van der Waals surface area contributed by atoms with E-state index in [1.54, 1.807) is 0 Å². The third-order valence-corrected chi connectivity index (χ3v) is 2.43. The molecule has 1 rings (SSSR count). The molecule has 0 spiro atoms.